The number of ether oxygens (including phenoxy) is 2. The molecule has 1 heterocycles. The Morgan fingerprint density at radius 1 is 1.26 bits per heavy atom. The van der Waals surface area contributed by atoms with Gasteiger partial charge in [-0.15, -0.1) is 11.3 Å². The van der Waals surface area contributed by atoms with Crippen molar-refractivity contribution < 1.29 is 9.47 Å². The summed E-state index contributed by atoms with van der Waals surface area (Å²) in [6.45, 7) is 3.90. The Balaban J connectivity index is 2.27. The largest absolute Gasteiger partial charge is 0.497 e. The first-order valence-corrected chi connectivity index (χ1v) is 6.98. The summed E-state index contributed by atoms with van der Waals surface area (Å²) >= 11 is 1.67. The number of hydrogen-bond acceptors (Lipinski definition) is 5. The van der Waals surface area contributed by atoms with Crippen LogP contribution in [-0.2, 0) is 6.54 Å². The van der Waals surface area contributed by atoms with Crippen molar-refractivity contribution in [1.29, 1.82) is 0 Å². The van der Waals surface area contributed by atoms with Crippen molar-refractivity contribution in [2.24, 2.45) is 0 Å². The van der Waals surface area contributed by atoms with E-state index >= 15 is 0 Å². The average Bonchev–Trinajstić information content (AvgIpc) is 2.92. The number of nitrogens with one attached hydrogen (secondary N) is 1. The van der Waals surface area contributed by atoms with Gasteiger partial charge in [0, 0.05) is 23.7 Å². The summed E-state index contributed by atoms with van der Waals surface area (Å²) in [6, 6.07) is 5.78. The molecule has 0 bridgehead atoms. The molecule has 5 heteroatoms. The minimum absolute atomic E-state index is 0.781. The van der Waals surface area contributed by atoms with Gasteiger partial charge in [0.05, 0.1) is 19.8 Å². The lowest BCUT2D eigenvalue weighted by Gasteiger charge is -2.08. The van der Waals surface area contributed by atoms with Crippen LogP contribution in [0.25, 0.3) is 10.6 Å². The first-order valence-electron chi connectivity index (χ1n) is 6.16. The van der Waals surface area contributed by atoms with Crippen LogP contribution in [0.2, 0.25) is 0 Å². The van der Waals surface area contributed by atoms with Crippen LogP contribution < -0.4 is 14.8 Å². The molecular formula is C14H18N2O2S. The maximum Gasteiger partial charge on any atom is 0.132 e. The quantitative estimate of drug-likeness (QED) is 0.882. The SMILES string of the molecule is CCNCc1cnc(-c2ccc(OC)cc2OC)s1. The number of nitrogens with zero attached hydrogens (tertiary/aromatic N) is 1. The van der Waals surface area contributed by atoms with Crippen LogP contribution in [0.3, 0.4) is 0 Å². The highest BCUT2D eigenvalue weighted by Crippen LogP contribution is 2.35. The van der Waals surface area contributed by atoms with Crippen LogP contribution in [0.1, 0.15) is 11.8 Å². The van der Waals surface area contributed by atoms with E-state index in [1.54, 1.807) is 25.6 Å². The summed E-state index contributed by atoms with van der Waals surface area (Å²) in [5, 5.41) is 4.26. The van der Waals surface area contributed by atoms with Crippen LogP contribution in [0, 0.1) is 0 Å². The maximum atomic E-state index is 5.40. The third-order valence-electron chi connectivity index (χ3n) is 2.74. The lowest BCUT2D eigenvalue weighted by atomic mass is 10.2. The predicted octanol–water partition coefficient (Wildman–Crippen LogP) is 2.94. The van der Waals surface area contributed by atoms with Gasteiger partial charge >= 0.3 is 0 Å². The Kier molecular flexibility index (Phi) is 4.76. The number of methoxy groups -OCH3 is 2. The van der Waals surface area contributed by atoms with E-state index in [0.717, 1.165) is 35.2 Å². The number of benzene rings is 1. The number of hydrogen-bond donors (Lipinski definition) is 1. The highest BCUT2D eigenvalue weighted by atomic mass is 32.1. The van der Waals surface area contributed by atoms with Crippen molar-refractivity contribution in [3.63, 3.8) is 0 Å². The Bertz CT molecular complexity index is 540. The van der Waals surface area contributed by atoms with Gasteiger partial charge in [-0.3, -0.25) is 0 Å². The Labute approximate surface area is 117 Å². The van der Waals surface area contributed by atoms with Crippen LogP contribution >= 0.6 is 11.3 Å². The van der Waals surface area contributed by atoms with Gasteiger partial charge in [-0.25, -0.2) is 4.98 Å². The molecule has 0 atom stereocenters. The van der Waals surface area contributed by atoms with Crippen LogP contribution in [0.15, 0.2) is 24.4 Å². The molecule has 0 saturated carbocycles. The van der Waals surface area contributed by atoms with E-state index in [1.165, 1.54) is 4.88 Å². The Hall–Kier alpha value is -1.59. The van der Waals surface area contributed by atoms with Crippen LogP contribution in [-0.4, -0.2) is 25.7 Å². The summed E-state index contributed by atoms with van der Waals surface area (Å²) < 4.78 is 10.6. The zero-order valence-electron chi connectivity index (χ0n) is 11.4. The fourth-order valence-corrected chi connectivity index (χ4v) is 2.65. The van der Waals surface area contributed by atoms with E-state index in [-0.39, 0.29) is 0 Å². The molecule has 0 saturated heterocycles. The molecule has 0 aliphatic carbocycles. The van der Waals surface area contributed by atoms with Gasteiger partial charge in [-0.1, -0.05) is 6.92 Å². The second-order valence-corrected chi connectivity index (χ2v) is 5.09. The highest BCUT2D eigenvalue weighted by molar-refractivity contribution is 7.15. The zero-order valence-corrected chi connectivity index (χ0v) is 12.2. The molecule has 19 heavy (non-hydrogen) atoms. The third-order valence-corrected chi connectivity index (χ3v) is 3.77. The van der Waals surface area contributed by atoms with E-state index < -0.39 is 0 Å². The molecule has 0 spiro atoms. The molecule has 1 aromatic carbocycles. The summed E-state index contributed by atoms with van der Waals surface area (Å²) in [5.74, 6) is 1.56. The molecule has 0 amide bonds. The van der Waals surface area contributed by atoms with E-state index in [4.69, 9.17) is 9.47 Å². The van der Waals surface area contributed by atoms with E-state index in [0.29, 0.717) is 0 Å². The molecule has 2 aromatic rings. The average molecular weight is 278 g/mol. The lowest BCUT2D eigenvalue weighted by molar-refractivity contribution is 0.395. The molecule has 0 unspecified atom stereocenters. The number of rotatable bonds is 6. The summed E-state index contributed by atoms with van der Waals surface area (Å²) in [5.41, 5.74) is 0.996. The maximum absolute atomic E-state index is 5.40. The minimum atomic E-state index is 0.781. The molecule has 0 fully saturated rings. The van der Waals surface area contributed by atoms with Gasteiger partial charge in [-0.2, -0.15) is 0 Å². The summed E-state index contributed by atoms with van der Waals surface area (Å²) in [7, 11) is 3.30. The van der Waals surface area contributed by atoms with Gasteiger partial charge < -0.3 is 14.8 Å². The van der Waals surface area contributed by atoms with Gasteiger partial charge in [0.1, 0.15) is 16.5 Å². The molecule has 4 nitrogen and oxygen atoms in total. The Morgan fingerprint density at radius 3 is 2.79 bits per heavy atom. The van der Waals surface area contributed by atoms with Gasteiger partial charge in [0.2, 0.25) is 0 Å². The Morgan fingerprint density at radius 2 is 2.11 bits per heavy atom. The van der Waals surface area contributed by atoms with Crippen molar-refractivity contribution in [1.82, 2.24) is 10.3 Å². The van der Waals surface area contributed by atoms with E-state index in [9.17, 15) is 0 Å². The molecule has 102 valence electrons. The van der Waals surface area contributed by atoms with Crippen LogP contribution in [0.4, 0.5) is 0 Å². The van der Waals surface area contributed by atoms with Crippen molar-refractivity contribution in [2.45, 2.75) is 13.5 Å². The van der Waals surface area contributed by atoms with Crippen molar-refractivity contribution >= 4 is 11.3 Å². The monoisotopic (exact) mass is 278 g/mol. The van der Waals surface area contributed by atoms with Crippen LogP contribution in [0.5, 0.6) is 11.5 Å². The fourth-order valence-electron chi connectivity index (χ4n) is 1.74. The molecule has 0 radical (unpaired) electrons. The molecule has 1 N–H and O–H groups in total. The normalized spacial score (nSPS) is 10.5. The first-order chi connectivity index (χ1) is 9.28. The van der Waals surface area contributed by atoms with Gasteiger partial charge in [-0.05, 0) is 18.7 Å². The standard InChI is InChI=1S/C14H18N2O2S/c1-4-15-8-11-9-16-14(19-11)12-6-5-10(17-2)7-13(12)18-3/h5-7,9,15H,4,8H2,1-3H3. The van der Waals surface area contributed by atoms with Gasteiger partial charge in [0.15, 0.2) is 0 Å². The summed E-state index contributed by atoms with van der Waals surface area (Å²) in [6.07, 6.45) is 1.91. The second kappa shape index (κ2) is 6.54. The van der Waals surface area contributed by atoms with E-state index in [1.807, 2.05) is 24.4 Å². The topological polar surface area (TPSA) is 43.4 Å². The third kappa shape index (κ3) is 3.24. The molecule has 1 aromatic heterocycles. The van der Waals surface area contributed by atoms with Crippen molar-refractivity contribution in [3.05, 3.63) is 29.3 Å². The first kappa shape index (κ1) is 13.8. The summed E-state index contributed by atoms with van der Waals surface area (Å²) in [4.78, 5) is 5.68. The highest BCUT2D eigenvalue weighted by Gasteiger charge is 2.11. The predicted molar refractivity (Wildman–Crippen MR) is 78.0 cm³/mol. The molecule has 0 aliphatic rings. The molecule has 0 aliphatic heterocycles. The zero-order chi connectivity index (χ0) is 13.7. The minimum Gasteiger partial charge on any atom is -0.497 e. The lowest BCUT2D eigenvalue weighted by Crippen LogP contribution is -2.10. The molecular weight excluding hydrogens is 260 g/mol. The smallest absolute Gasteiger partial charge is 0.132 e. The second-order valence-electron chi connectivity index (χ2n) is 3.98. The van der Waals surface area contributed by atoms with Crippen molar-refractivity contribution in [3.8, 4) is 22.1 Å². The number of thiazole rings is 1. The number of aromatic nitrogens is 1. The molecule has 2 rings (SSSR count). The fraction of sp³-hybridized carbons (Fsp3) is 0.357. The van der Waals surface area contributed by atoms with Gasteiger partial charge in [0.25, 0.3) is 0 Å². The van der Waals surface area contributed by atoms with Crippen molar-refractivity contribution in [2.75, 3.05) is 20.8 Å². The van der Waals surface area contributed by atoms with E-state index in [2.05, 4.69) is 17.2 Å².